The summed E-state index contributed by atoms with van der Waals surface area (Å²) in [6.07, 6.45) is 3.69. The summed E-state index contributed by atoms with van der Waals surface area (Å²) in [4.78, 5) is 15.0. The molecule has 0 aliphatic carbocycles. The molecule has 1 aliphatic rings. The van der Waals surface area contributed by atoms with Gasteiger partial charge in [-0.2, -0.15) is 0 Å². The van der Waals surface area contributed by atoms with Crippen molar-refractivity contribution in [1.82, 2.24) is 10.3 Å². The van der Waals surface area contributed by atoms with E-state index in [1.165, 1.54) is 0 Å². The van der Waals surface area contributed by atoms with Crippen LogP contribution in [-0.2, 0) is 0 Å². The van der Waals surface area contributed by atoms with Crippen LogP contribution in [0.15, 0.2) is 18.3 Å². The minimum absolute atomic E-state index is 0.113. The highest BCUT2D eigenvalue weighted by atomic mass is 16.4. The van der Waals surface area contributed by atoms with Crippen LogP contribution >= 0.6 is 0 Å². The molecule has 4 nitrogen and oxygen atoms in total. The second kappa shape index (κ2) is 3.75. The van der Waals surface area contributed by atoms with E-state index in [1.807, 2.05) is 0 Å². The van der Waals surface area contributed by atoms with E-state index in [0.29, 0.717) is 11.3 Å². The predicted molar refractivity (Wildman–Crippen MR) is 51.2 cm³/mol. The fourth-order valence-corrected chi connectivity index (χ4v) is 1.79. The van der Waals surface area contributed by atoms with Crippen LogP contribution in [-0.4, -0.2) is 22.6 Å². The zero-order valence-corrected chi connectivity index (χ0v) is 7.73. The molecule has 2 rings (SSSR count). The number of nitrogens with zero attached hydrogens (tertiary/aromatic N) is 1. The normalized spacial score (nSPS) is 21.0. The van der Waals surface area contributed by atoms with E-state index in [4.69, 9.17) is 5.11 Å². The topological polar surface area (TPSA) is 62.2 Å². The van der Waals surface area contributed by atoms with Crippen molar-refractivity contribution < 1.29 is 9.90 Å². The van der Waals surface area contributed by atoms with Gasteiger partial charge in [-0.1, -0.05) is 0 Å². The number of nitrogens with one attached hydrogen (secondary N) is 1. The van der Waals surface area contributed by atoms with Gasteiger partial charge in [-0.25, -0.2) is 4.79 Å². The fourth-order valence-electron chi connectivity index (χ4n) is 1.79. The Balaban J connectivity index is 2.35. The fraction of sp³-hybridized carbons (Fsp3) is 0.400. The maximum atomic E-state index is 10.9. The number of carboxylic acid groups (broad SMARTS) is 1. The van der Waals surface area contributed by atoms with E-state index < -0.39 is 5.97 Å². The molecule has 0 radical (unpaired) electrons. The van der Waals surface area contributed by atoms with Crippen molar-refractivity contribution in [3.8, 4) is 0 Å². The molecule has 1 fully saturated rings. The Bertz CT molecular complexity index is 346. The molecule has 0 aromatic carbocycles. The third-order valence-corrected chi connectivity index (χ3v) is 2.46. The van der Waals surface area contributed by atoms with Crippen molar-refractivity contribution in [1.29, 1.82) is 0 Å². The lowest BCUT2D eigenvalue weighted by Gasteiger charge is -2.11. The van der Waals surface area contributed by atoms with Crippen molar-refractivity contribution in [2.75, 3.05) is 6.54 Å². The first-order valence-corrected chi connectivity index (χ1v) is 4.70. The molecule has 2 N–H and O–H groups in total. The van der Waals surface area contributed by atoms with Gasteiger partial charge in [-0.05, 0) is 31.5 Å². The van der Waals surface area contributed by atoms with Gasteiger partial charge in [-0.15, -0.1) is 0 Å². The Morgan fingerprint density at radius 3 is 3.14 bits per heavy atom. The average molecular weight is 192 g/mol. The number of aromatic nitrogens is 1. The smallest absolute Gasteiger partial charge is 0.337 e. The standard InChI is InChI=1S/C10H12N2O2/c13-10(14)7-3-1-6-12-9(7)8-4-2-5-11-8/h1,3,6,8,11H,2,4-5H2,(H,13,14). The molecule has 1 aromatic rings. The molecule has 2 heterocycles. The van der Waals surface area contributed by atoms with Crippen LogP contribution in [0.5, 0.6) is 0 Å². The maximum Gasteiger partial charge on any atom is 0.337 e. The SMILES string of the molecule is O=C(O)c1cccnc1C1CCCN1. The number of rotatable bonds is 2. The third kappa shape index (κ3) is 1.61. The van der Waals surface area contributed by atoms with Gasteiger partial charge in [0.1, 0.15) is 0 Å². The molecule has 1 aromatic heterocycles. The number of carboxylic acids is 1. The van der Waals surface area contributed by atoms with E-state index in [2.05, 4.69) is 10.3 Å². The lowest BCUT2D eigenvalue weighted by atomic mass is 10.1. The van der Waals surface area contributed by atoms with Gasteiger partial charge in [0.15, 0.2) is 0 Å². The van der Waals surface area contributed by atoms with Crippen LogP contribution < -0.4 is 5.32 Å². The first-order chi connectivity index (χ1) is 6.79. The number of hydrogen-bond acceptors (Lipinski definition) is 3. The summed E-state index contributed by atoms with van der Waals surface area (Å²) in [5.74, 6) is -0.901. The second-order valence-corrected chi connectivity index (χ2v) is 3.39. The van der Waals surface area contributed by atoms with E-state index in [9.17, 15) is 4.79 Å². The summed E-state index contributed by atoms with van der Waals surface area (Å²) in [5.41, 5.74) is 0.976. The van der Waals surface area contributed by atoms with Gasteiger partial charge >= 0.3 is 5.97 Å². The molecule has 0 bridgehead atoms. The van der Waals surface area contributed by atoms with E-state index >= 15 is 0 Å². The van der Waals surface area contributed by atoms with Gasteiger partial charge in [-0.3, -0.25) is 4.98 Å². The molecule has 0 spiro atoms. The Labute approximate surface area is 82.0 Å². The van der Waals surface area contributed by atoms with Gasteiger partial charge in [0.2, 0.25) is 0 Å². The van der Waals surface area contributed by atoms with Crippen molar-refractivity contribution in [2.24, 2.45) is 0 Å². The summed E-state index contributed by atoms with van der Waals surface area (Å²) in [6.45, 7) is 0.945. The largest absolute Gasteiger partial charge is 0.478 e. The number of carbonyl (C=O) groups is 1. The average Bonchev–Trinajstić information content (AvgIpc) is 2.70. The van der Waals surface area contributed by atoms with E-state index in [1.54, 1.807) is 18.3 Å². The molecule has 1 aliphatic heterocycles. The van der Waals surface area contributed by atoms with Gasteiger partial charge < -0.3 is 10.4 Å². The Hall–Kier alpha value is -1.42. The lowest BCUT2D eigenvalue weighted by Crippen LogP contribution is -2.17. The highest BCUT2D eigenvalue weighted by molar-refractivity contribution is 5.88. The Kier molecular flexibility index (Phi) is 2.45. The number of aromatic carboxylic acids is 1. The second-order valence-electron chi connectivity index (χ2n) is 3.39. The maximum absolute atomic E-state index is 10.9. The van der Waals surface area contributed by atoms with E-state index in [-0.39, 0.29) is 6.04 Å². The lowest BCUT2D eigenvalue weighted by molar-refractivity contribution is 0.0694. The summed E-state index contributed by atoms with van der Waals surface area (Å²) in [6, 6.07) is 3.37. The Morgan fingerprint density at radius 2 is 2.50 bits per heavy atom. The minimum atomic E-state index is -0.901. The molecule has 1 atom stereocenters. The highest BCUT2D eigenvalue weighted by Gasteiger charge is 2.22. The van der Waals surface area contributed by atoms with Crippen LogP contribution in [0.1, 0.15) is 34.9 Å². The summed E-state index contributed by atoms with van der Waals surface area (Å²) >= 11 is 0. The van der Waals surface area contributed by atoms with Gasteiger partial charge in [0.05, 0.1) is 17.3 Å². The summed E-state index contributed by atoms with van der Waals surface area (Å²) < 4.78 is 0. The Morgan fingerprint density at radius 1 is 1.64 bits per heavy atom. The van der Waals surface area contributed by atoms with Crippen LogP contribution in [0.4, 0.5) is 0 Å². The zero-order valence-electron chi connectivity index (χ0n) is 7.73. The van der Waals surface area contributed by atoms with E-state index in [0.717, 1.165) is 19.4 Å². The predicted octanol–water partition coefficient (Wildman–Crippen LogP) is 1.20. The molecule has 4 heteroatoms. The molecule has 14 heavy (non-hydrogen) atoms. The molecular weight excluding hydrogens is 180 g/mol. The summed E-state index contributed by atoms with van der Waals surface area (Å²) in [5, 5.41) is 12.2. The number of pyridine rings is 1. The number of hydrogen-bond donors (Lipinski definition) is 2. The van der Waals surface area contributed by atoms with Crippen molar-refractivity contribution in [2.45, 2.75) is 18.9 Å². The minimum Gasteiger partial charge on any atom is -0.478 e. The first kappa shape index (κ1) is 9.15. The summed E-state index contributed by atoms with van der Waals surface area (Å²) in [7, 11) is 0. The van der Waals surface area contributed by atoms with Crippen molar-refractivity contribution >= 4 is 5.97 Å². The van der Waals surface area contributed by atoms with Crippen LogP contribution in [0.2, 0.25) is 0 Å². The zero-order chi connectivity index (χ0) is 9.97. The monoisotopic (exact) mass is 192 g/mol. The van der Waals surface area contributed by atoms with Crippen LogP contribution in [0, 0.1) is 0 Å². The molecule has 1 unspecified atom stereocenters. The van der Waals surface area contributed by atoms with Crippen LogP contribution in [0.3, 0.4) is 0 Å². The molecule has 1 saturated heterocycles. The third-order valence-electron chi connectivity index (χ3n) is 2.46. The first-order valence-electron chi connectivity index (χ1n) is 4.70. The molecular formula is C10H12N2O2. The highest BCUT2D eigenvalue weighted by Crippen LogP contribution is 2.23. The molecule has 0 amide bonds. The van der Waals surface area contributed by atoms with Crippen molar-refractivity contribution in [3.05, 3.63) is 29.6 Å². The van der Waals surface area contributed by atoms with Gasteiger partial charge in [0.25, 0.3) is 0 Å². The van der Waals surface area contributed by atoms with Gasteiger partial charge in [0, 0.05) is 6.20 Å². The molecule has 0 saturated carbocycles. The van der Waals surface area contributed by atoms with Crippen molar-refractivity contribution in [3.63, 3.8) is 0 Å². The van der Waals surface area contributed by atoms with Crippen LogP contribution in [0.25, 0.3) is 0 Å². The quantitative estimate of drug-likeness (QED) is 0.739. The molecule has 74 valence electrons.